The maximum absolute atomic E-state index is 13.3. The Morgan fingerprint density at radius 2 is 1.94 bits per heavy atom. The summed E-state index contributed by atoms with van der Waals surface area (Å²) in [6, 6.07) is 8.75. The number of carbonyl (C=O) groups excluding carboxylic acids is 1. The van der Waals surface area contributed by atoms with E-state index in [1.807, 2.05) is 6.07 Å². The van der Waals surface area contributed by atoms with Gasteiger partial charge in [-0.2, -0.15) is 0 Å². The zero-order valence-corrected chi connectivity index (χ0v) is 18.7. The summed E-state index contributed by atoms with van der Waals surface area (Å²) in [5.74, 6) is 1.46. The van der Waals surface area contributed by atoms with Crippen LogP contribution >= 0.6 is 0 Å². The largest absolute Gasteiger partial charge is 0.379 e. The minimum Gasteiger partial charge on any atom is -0.379 e. The van der Waals surface area contributed by atoms with Crippen LogP contribution in [0.4, 0.5) is 21.8 Å². The molecule has 0 bridgehead atoms. The van der Waals surface area contributed by atoms with Crippen LogP contribution in [0.15, 0.2) is 36.5 Å². The van der Waals surface area contributed by atoms with Crippen LogP contribution in [0, 0.1) is 11.7 Å². The smallest absolute Gasteiger partial charge is 0.222 e. The molecule has 1 atom stereocenters. The van der Waals surface area contributed by atoms with Crippen LogP contribution in [0.3, 0.4) is 0 Å². The number of amides is 1. The Kier molecular flexibility index (Phi) is 6.13. The summed E-state index contributed by atoms with van der Waals surface area (Å²) in [4.78, 5) is 21.3. The summed E-state index contributed by atoms with van der Waals surface area (Å²) in [5.41, 5.74) is 2.54. The van der Waals surface area contributed by atoms with Gasteiger partial charge in [0.05, 0.1) is 24.4 Å². The van der Waals surface area contributed by atoms with Gasteiger partial charge < -0.3 is 25.3 Å². The number of nitrogens with zero attached hydrogens (tertiary/aromatic N) is 3. The highest BCUT2D eigenvalue weighted by Crippen LogP contribution is 2.32. The minimum absolute atomic E-state index is 0.104. The first-order valence-electron chi connectivity index (χ1n) is 11.6. The molecule has 1 amide bonds. The Hall–Kier alpha value is -3.20. The van der Waals surface area contributed by atoms with Crippen LogP contribution in [0.5, 0.6) is 0 Å². The number of hydrogen-bond acceptors (Lipinski definition) is 6. The molecule has 1 saturated heterocycles. The van der Waals surface area contributed by atoms with E-state index in [0.717, 1.165) is 54.6 Å². The first-order chi connectivity index (χ1) is 16.1. The molecule has 3 N–H and O–H groups in total. The molecule has 2 aromatic heterocycles. The Balaban J connectivity index is 1.39. The minimum atomic E-state index is -0.275. The number of rotatable bonds is 6. The third kappa shape index (κ3) is 4.64. The van der Waals surface area contributed by atoms with Crippen LogP contribution < -0.4 is 16.0 Å². The first-order valence-corrected chi connectivity index (χ1v) is 11.6. The molecule has 3 aromatic rings. The van der Waals surface area contributed by atoms with Crippen molar-refractivity contribution in [3.05, 3.63) is 42.3 Å². The molecular formula is C24H29FN6O2. The number of ether oxygens (including phenoxy) is 1. The normalized spacial score (nSPS) is 22.9. The van der Waals surface area contributed by atoms with Gasteiger partial charge in [-0.3, -0.25) is 4.79 Å². The van der Waals surface area contributed by atoms with E-state index in [1.165, 1.54) is 12.1 Å². The molecule has 1 aliphatic carbocycles. The average molecular weight is 453 g/mol. The fourth-order valence-electron chi connectivity index (χ4n) is 4.84. The van der Waals surface area contributed by atoms with Crippen LogP contribution in [0.1, 0.15) is 38.1 Å². The number of carbonyl (C=O) groups is 1. The second kappa shape index (κ2) is 9.35. The van der Waals surface area contributed by atoms with Gasteiger partial charge >= 0.3 is 0 Å². The Morgan fingerprint density at radius 3 is 2.64 bits per heavy atom. The number of benzene rings is 1. The highest BCUT2D eigenvalue weighted by atomic mass is 19.1. The number of anilines is 3. The van der Waals surface area contributed by atoms with Crippen molar-refractivity contribution in [3.8, 4) is 0 Å². The maximum Gasteiger partial charge on any atom is 0.222 e. The highest BCUT2D eigenvalue weighted by molar-refractivity contribution is 5.82. The van der Waals surface area contributed by atoms with Crippen molar-refractivity contribution in [2.45, 2.75) is 44.2 Å². The molecule has 1 saturated carbocycles. The fraction of sp³-hybridized carbons (Fsp3) is 0.458. The topological polar surface area (TPSA) is 93.1 Å². The van der Waals surface area contributed by atoms with Gasteiger partial charge in [-0.05, 0) is 56.4 Å². The van der Waals surface area contributed by atoms with Gasteiger partial charge in [0.2, 0.25) is 11.9 Å². The van der Waals surface area contributed by atoms with E-state index < -0.39 is 0 Å². The van der Waals surface area contributed by atoms with Crippen molar-refractivity contribution >= 4 is 34.4 Å². The van der Waals surface area contributed by atoms with Gasteiger partial charge in [-0.25, -0.2) is 14.4 Å². The van der Waals surface area contributed by atoms with Crippen molar-refractivity contribution < 1.29 is 13.9 Å². The summed E-state index contributed by atoms with van der Waals surface area (Å²) < 4.78 is 21.2. The summed E-state index contributed by atoms with van der Waals surface area (Å²) in [5, 5.41) is 9.65. The average Bonchev–Trinajstić information content (AvgIpc) is 3.48. The summed E-state index contributed by atoms with van der Waals surface area (Å²) >= 11 is 0. The van der Waals surface area contributed by atoms with Gasteiger partial charge in [-0.15, -0.1) is 0 Å². The third-order valence-corrected chi connectivity index (χ3v) is 6.64. The standard InChI is InChI=1S/C24H29FN6O2/c1-26-23(32)15-2-6-17(7-3-15)28-22-12-21-20(13-27-22)30-24(31(21)19-10-11-33-14-19)29-18-8-4-16(25)5-9-18/h4-5,8-9,12-13,15,17,19H,2-3,6-7,10-11,14H2,1H3,(H,26,32)(H,27,28)(H,29,30)/t15?,17?,19-/m0/s1. The molecule has 33 heavy (non-hydrogen) atoms. The molecule has 0 spiro atoms. The lowest BCUT2D eigenvalue weighted by atomic mass is 9.85. The summed E-state index contributed by atoms with van der Waals surface area (Å²) in [6.07, 6.45) is 6.31. The van der Waals surface area contributed by atoms with Crippen LogP contribution in [0.25, 0.3) is 11.0 Å². The van der Waals surface area contributed by atoms with E-state index in [-0.39, 0.29) is 23.7 Å². The van der Waals surface area contributed by atoms with Crippen LogP contribution in [-0.4, -0.2) is 46.7 Å². The Morgan fingerprint density at radius 1 is 1.15 bits per heavy atom. The van der Waals surface area contributed by atoms with Gasteiger partial charge in [-0.1, -0.05) is 0 Å². The second-order valence-electron chi connectivity index (χ2n) is 8.82. The zero-order chi connectivity index (χ0) is 22.8. The van der Waals surface area contributed by atoms with Gasteiger partial charge in [0.15, 0.2) is 0 Å². The lowest BCUT2D eigenvalue weighted by molar-refractivity contribution is -0.125. The second-order valence-corrected chi connectivity index (χ2v) is 8.82. The van der Waals surface area contributed by atoms with E-state index >= 15 is 0 Å². The van der Waals surface area contributed by atoms with Crippen molar-refractivity contribution in [1.82, 2.24) is 19.9 Å². The molecule has 9 heteroatoms. The molecule has 174 valence electrons. The zero-order valence-electron chi connectivity index (χ0n) is 18.7. The van der Waals surface area contributed by atoms with Gasteiger partial charge in [0.25, 0.3) is 0 Å². The number of imidazole rings is 1. The number of halogens is 1. The van der Waals surface area contributed by atoms with Crippen molar-refractivity contribution in [3.63, 3.8) is 0 Å². The SMILES string of the molecule is CNC(=O)C1CCC(Nc2cc3c(cn2)nc(Nc2ccc(F)cc2)n3[C@H]2CCOC2)CC1. The van der Waals surface area contributed by atoms with Crippen molar-refractivity contribution in [2.75, 3.05) is 30.9 Å². The van der Waals surface area contributed by atoms with Crippen molar-refractivity contribution in [2.24, 2.45) is 5.92 Å². The summed E-state index contributed by atoms with van der Waals surface area (Å²) in [6.45, 7) is 1.34. The lowest BCUT2D eigenvalue weighted by Gasteiger charge is -2.28. The molecular weight excluding hydrogens is 423 g/mol. The predicted molar refractivity (Wildman–Crippen MR) is 125 cm³/mol. The molecule has 1 aromatic carbocycles. The monoisotopic (exact) mass is 452 g/mol. The highest BCUT2D eigenvalue weighted by Gasteiger charge is 2.27. The molecule has 1 aliphatic heterocycles. The number of nitrogens with one attached hydrogen (secondary N) is 3. The first kappa shape index (κ1) is 21.6. The van der Waals surface area contributed by atoms with E-state index in [4.69, 9.17) is 9.72 Å². The Labute approximate surface area is 191 Å². The number of aromatic nitrogens is 3. The Bertz CT molecular complexity index is 1120. The lowest BCUT2D eigenvalue weighted by Crippen LogP contribution is -2.34. The van der Waals surface area contributed by atoms with Gasteiger partial charge in [0, 0.05) is 37.4 Å². The van der Waals surface area contributed by atoms with Gasteiger partial charge in [0.1, 0.15) is 17.2 Å². The van der Waals surface area contributed by atoms with E-state index in [2.05, 4.69) is 25.5 Å². The van der Waals surface area contributed by atoms with E-state index in [0.29, 0.717) is 25.2 Å². The molecule has 2 aliphatic rings. The summed E-state index contributed by atoms with van der Waals surface area (Å²) in [7, 11) is 1.70. The quantitative estimate of drug-likeness (QED) is 0.524. The molecule has 0 unspecified atom stereocenters. The van der Waals surface area contributed by atoms with Crippen LogP contribution in [-0.2, 0) is 9.53 Å². The van der Waals surface area contributed by atoms with E-state index in [1.54, 1.807) is 25.4 Å². The molecule has 0 radical (unpaired) electrons. The predicted octanol–water partition coefficient (Wildman–Crippen LogP) is 3.99. The number of pyridine rings is 1. The maximum atomic E-state index is 13.3. The molecule has 5 rings (SSSR count). The third-order valence-electron chi connectivity index (χ3n) is 6.64. The molecule has 8 nitrogen and oxygen atoms in total. The van der Waals surface area contributed by atoms with E-state index in [9.17, 15) is 9.18 Å². The molecule has 2 fully saturated rings. The van der Waals surface area contributed by atoms with Crippen LogP contribution in [0.2, 0.25) is 0 Å². The fourth-order valence-corrected chi connectivity index (χ4v) is 4.84. The molecule has 3 heterocycles. The van der Waals surface area contributed by atoms with Crippen molar-refractivity contribution in [1.29, 1.82) is 0 Å². The number of hydrogen-bond donors (Lipinski definition) is 3. The number of fused-ring (bicyclic) bond motifs is 1.